The van der Waals surface area contributed by atoms with E-state index in [-0.39, 0.29) is 11.8 Å². The number of imide groups is 1. The molecule has 0 bridgehead atoms. The van der Waals surface area contributed by atoms with E-state index in [0.717, 1.165) is 0 Å². The van der Waals surface area contributed by atoms with E-state index in [2.05, 4.69) is 26.6 Å². The van der Waals surface area contributed by atoms with Crippen LogP contribution in [0.3, 0.4) is 0 Å². The van der Waals surface area contributed by atoms with Gasteiger partial charge in [-0.2, -0.15) is 0 Å². The van der Waals surface area contributed by atoms with Crippen molar-refractivity contribution >= 4 is 19.9 Å². The summed E-state index contributed by atoms with van der Waals surface area (Å²) >= 11 is 0. The Labute approximate surface area is 109 Å². The first-order valence-electron chi connectivity index (χ1n) is 6.27. The third-order valence-corrected chi connectivity index (χ3v) is 6.95. The average molecular weight is 261 g/mol. The van der Waals surface area contributed by atoms with Gasteiger partial charge in [-0.05, 0) is 17.7 Å². The Hall–Kier alpha value is -1.42. The summed E-state index contributed by atoms with van der Waals surface area (Å²) in [5.74, 6) is -0.276. The van der Waals surface area contributed by atoms with Crippen LogP contribution in [0.25, 0.3) is 0 Å². The highest BCUT2D eigenvalue weighted by Crippen LogP contribution is 2.28. The molecule has 18 heavy (non-hydrogen) atoms. The fraction of sp³-hybridized carbons (Fsp3) is 0.429. The molecular weight excluding hydrogens is 242 g/mol. The molecule has 96 valence electrons. The lowest BCUT2D eigenvalue weighted by Gasteiger charge is -2.28. The predicted octanol–water partition coefficient (Wildman–Crippen LogP) is 3.01. The van der Waals surface area contributed by atoms with Gasteiger partial charge in [-0.15, -0.1) is 0 Å². The monoisotopic (exact) mass is 261 g/mol. The Balaban J connectivity index is 2.24. The molecular formula is C14H19NO2Si. The topological polar surface area (TPSA) is 37.4 Å². The smallest absolute Gasteiger partial charge is 0.261 e. The molecule has 0 N–H and O–H groups in total. The molecule has 3 nitrogen and oxygen atoms in total. The summed E-state index contributed by atoms with van der Waals surface area (Å²) in [6.45, 7) is 9.46. The van der Waals surface area contributed by atoms with E-state index in [4.69, 9.17) is 0 Å². The molecule has 0 aromatic heterocycles. The van der Waals surface area contributed by atoms with Gasteiger partial charge in [-0.1, -0.05) is 38.7 Å². The van der Waals surface area contributed by atoms with Crippen LogP contribution in [0.1, 0.15) is 27.6 Å². The molecule has 1 aromatic rings. The number of carbonyl (C=O) groups excluding carboxylic acids is 2. The van der Waals surface area contributed by atoms with Crippen LogP contribution in [-0.2, 0) is 0 Å². The number of fused-ring (bicyclic) bond motifs is 1. The van der Waals surface area contributed by atoms with Crippen LogP contribution in [0.4, 0.5) is 0 Å². The van der Waals surface area contributed by atoms with Crippen molar-refractivity contribution in [2.24, 2.45) is 0 Å². The Morgan fingerprint density at radius 1 is 1.06 bits per heavy atom. The van der Waals surface area contributed by atoms with E-state index in [9.17, 15) is 9.59 Å². The number of nitrogens with zero attached hydrogens (tertiary/aromatic N) is 1. The normalized spacial score (nSPS) is 17.0. The molecule has 2 amide bonds. The Kier molecular flexibility index (Phi) is 3.15. The van der Waals surface area contributed by atoms with Gasteiger partial charge in [0.15, 0.2) is 0 Å². The highest BCUT2D eigenvalue weighted by molar-refractivity contribution is 6.77. The largest absolute Gasteiger partial charge is 0.274 e. The molecule has 1 heterocycles. The van der Waals surface area contributed by atoms with E-state index < -0.39 is 8.07 Å². The van der Waals surface area contributed by atoms with Crippen molar-refractivity contribution in [3.05, 3.63) is 35.4 Å². The minimum absolute atomic E-state index is 0.138. The third kappa shape index (κ3) is 2.12. The maximum Gasteiger partial charge on any atom is 0.261 e. The van der Waals surface area contributed by atoms with Crippen LogP contribution in [-0.4, -0.2) is 31.3 Å². The van der Waals surface area contributed by atoms with Gasteiger partial charge in [0.25, 0.3) is 11.8 Å². The summed E-state index contributed by atoms with van der Waals surface area (Å²) in [6, 6.07) is 7.06. The molecule has 4 heteroatoms. The van der Waals surface area contributed by atoms with Crippen LogP contribution in [0, 0.1) is 0 Å². The maximum atomic E-state index is 12.2. The summed E-state index contributed by atoms with van der Waals surface area (Å²) in [4.78, 5) is 25.8. The summed E-state index contributed by atoms with van der Waals surface area (Å²) < 4.78 is 0. The standard InChI is InChI=1S/C14H19NO2Si/c1-10(18(2,3)4)9-15-13(16)11-7-5-6-8-12(11)14(15)17/h5-8,10H,9H2,1-4H3. The van der Waals surface area contributed by atoms with Gasteiger partial charge in [-0.25, -0.2) is 0 Å². The van der Waals surface area contributed by atoms with Gasteiger partial charge in [-0.3, -0.25) is 14.5 Å². The lowest BCUT2D eigenvalue weighted by atomic mass is 10.1. The lowest BCUT2D eigenvalue weighted by molar-refractivity contribution is 0.0653. The van der Waals surface area contributed by atoms with E-state index in [1.165, 1.54) is 4.90 Å². The summed E-state index contributed by atoms with van der Waals surface area (Å²) in [7, 11) is -1.34. The first kappa shape index (κ1) is 13.0. The second kappa shape index (κ2) is 4.35. The molecule has 0 saturated heterocycles. The second-order valence-electron chi connectivity index (χ2n) is 6.03. The van der Waals surface area contributed by atoms with Crippen molar-refractivity contribution < 1.29 is 9.59 Å². The number of benzene rings is 1. The SMILES string of the molecule is CC(CN1C(=O)c2ccccc2C1=O)[Si](C)(C)C. The summed E-state index contributed by atoms with van der Waals surface area (Å²) in [5.41, 5.74) is 1.50. The van der Waals surface area contributed by atoms with E-state index in [1.807, 2.05) is 0 Å². The van der Waals surface area contributed by atoms with E-state index in [1.54, 1.807) is 24.3 Å². The minimum atomic E-state index is -1.34. The Morgan fingerprint density at radius 3 is 1.89 bits per heavy atom. The molecule has 0 saturated carbocycles. The molecule has 0 spiro atoms. The number of rotatable bonds is 3. The van der Waals surface area contributed by atoms with Crippen molar-refractivity contribution in [3.8, 4) is 0 Å². The summed E-state index contributed by atoms with van der Waals surface area (Å²) in [5, 5.41) is 0. The van der Waals surface area contributed by atoms with Gasteiger partial charge in [0.2, 0.25) is 0 Å². The van der Waals surface area contributed by atoms with Crippen molar-refractivity contribution in [2.75, 3.05) is 6.54 Å². The van der Waals surface area contributed by atoms with Gasteiger partial charge < -0.3 is 0 Å². The molecule has 2 rings (SSSR count). The number of amides is 2. The van der Waals surface area contributed by atoms with Crippen molar-refractivity contribution in [2.45, 2.75) is 32.1 Å². The zero-order valence-electron chi connectivity index (χ0n) is 11.4. The van der Waals surface area contributed by atoms with Crippen molar-refractivity contribution in [3.63, 3.8) is 0 Å². The minimum Gasteiger partial charge on any atom is -0.274 e. The maximum absolute atomic E-state index is 12.2. The zero-order chi connectivity index (χ0) is 13.5. The first-order chi connectivity index (χ1) is 8.32. The Bertz CT molecular complexity index is 470. The molecule has 1 aromatic carbocycles. The van der Waals surface area contributed by atoms with Gasteiger partial charge in [0, 0.05) is 14.6 Å². The third-order valence-electron chi connectivity index (χ3n) is 3.81. The van der Waals surface area contributed by atoms with Gasteiger partial charge in [0.1, 0.15) is 0 Å². The number of hydrogen-bond donors (Lipinski definition) is 0. The van der Waals surface area contributed by atoms with Crippen molar-refractivity contribution in [1.29, 1.82) is 0 Å². The fourth-order valence-electron chi connectivity index (χ4n) is 1.95. The number of carbonyl (C=O) groups is 2. The number of hydrogen-bond acceptors (Lipinski definition) is 2. The molecule has 0 fully saturated rings. The lowest BCUT2D eigenvalue weighted by Crippen LogP contribution is -2.39. The van der Waals surface area contributed by atoms with E-state index >= 15 is 0 Å². The Morgan fingerprint density at radius 2 is 1.50 bits per heavy atom. The zero-order valence-corrected chi connectivity index (χ0v) is 12.4. The highest BCUT2D eigenvalue weighted by Gasteiger charge is 2.37. The van der Waals surface area contributed by atoms with Crippen LogP contribution in [0.2, 0.25) is 25.2 Å². The van der Waals surface area contributed by atoms with Crippen LogP contribution in [0.15, 0.2) is 24.3 Å². The summed E-state index contributed by atoms with van der Waals surface area (Å²) in [6.07, 6.45) is 0. The molecule has 1 unspecified atom stereocenters. The second-order valence-corrected chi connectivity index (χ2v) is 11.8. The van der Waals surface area contributed by atoms with Crippen molar-refractivity contribution in [1.82, 2.24) is 4.90 Å². The van der Waals surface area contributed by atoms with Crippen LogP contribution < -0.4 is 0 Å². The highest BCUT2D eigenvalue weighted by atomic mass is 28.3. The molecule has 1 atom stereocenters. The van der Waals surface area contributed by atoms with Crippen LogP contribution in [0.5, 0.6) is 0 Å². The van der Waals surface area contributed by atoms with E-state index in [0.29, 0.717) is 23.2 Å². The van der Waals surface area contributed by atoms with Crippen LogP contribution >= 0.6 is 0 Å². The predicted molar refractivity (Wildman–Crippen MR) is 74.6 cm³/mol. The fourth-order valence-corrected chi connectivity index (χ4v) is 2.68. The molecule has 0 aliphatic carbocycles. The van der Waals surface area contributed by atoms with Gasteiger partial charge in [0.05, 0.1) is 11.1 Å². The van der Waals surface area contributed by atoms with Gasteiger partial charge >= 0.3 is 0 Å². The molecule has 0 radical (unpaired) electrons. The quantitative estimate of drug-likeness (QED) is 0.619. The first-order valence-corrected chi connectivity index (χ1v) is 9.85. The molecule has 1 aliphatic rings. The molecule has 1 aliphatic heterocycles. The average Bonchev–Trinajstić information content (AvgIpc) is 2.54.